The van der Waals surface area contributed by atoms with Gasteiger partial charge < -0.3 is 19.3 Å². The summed E-state index contributed by atoms with van der Waals surface area (Å²) in [6.45, 7) is 3.47. The highest BCUT2D eigenvalue weighted by atomic mass is 32.1. The Morgan fingerprint density at radius 3 is 2.70 bits per heavy atom. The monoisotopic (exact) mass is 432 g/mol. The summed E-state index contributed by atoms with van der Waals surface area (Å²) in [4.78, 5) is 42.2. The van der Waals surface area contributed by atoms with Gasteiger partial charge in [-0.05, 0) is 31.5 Å². The molecule has 158 valence electrons. The van der Waals surface area contributed by atoms with Crippen LogP contribution < -0.4 is 19.6 Å². The zero-order chi connectivity index (χ0) is 22.0. The Kier molecular flexibility index (Phi) is 6.06. The average Bonchev–Trinajstić information content (AvgIpc) is 3.02. The lowest BCUT2D eigenvalue weighted by molar-refractivity contribution is -0.139. The molecule has 2 heterocycles. The van der Waals surface area contributed by atoms with E-state index < -0.39 is 23.5 Å². The molecule has 9 nitrogen and oxygen atoms in total. The zero-order valence-corrected chi connectivity index (χ0v) is 17.6. The third-order valence-electron chi connectivity index (χ3n) is 4.49. The number of phenols is 1. The van der Waals surface area contributed by atoms with E-state index in [2.05, 4.69) is 9.73 Å². The van der Waals surface area contributed by atoms with Crippen LogP contribution in [0, 0.1) is 0 Å². The molecule has 1 aromatic carbocycles. The molecular weight excluding hydrogens is 412 g/mol. The van der Waals surface area contributed by atoms with Crippen molar-refractivity contribution in [1.29, 1.82) is 0 Å². The Balaban J connectivity index is 2.33. The molecule has 0 fully saturated rings. The molecule has 1 atom stereocenters. The molecule has 0 saturated carbocycles. The molecule has 0 aliphatic carbocycles. The molecule has 1 N–H and O–H groups in total. The molecule has 0 amide bonds. The minimum atomic E-state index is -0.880. The van der Waals surface area contributed by atoms with Crippen molar-refractivity contribution in [2.45, 2.75) is 19.9 Å². The van der Waals surface area contributed by atoms with Crippen LogP contribution in [0.15, 0.2) is 39.3 Å². The lowest BCUT2D eigenvalue weighted by atomic mass is 9.95. The molecule has 10 heteroatoms. The maximum Gasteiger partial charge on any atom is 0.338 e. The van der Waals surface area contributed by atoms with Crippen molar-refractivity contribution in [2.75, 3.05) is 20.8 Å². The van der Waals surface area contributed by atoms with Gasteiger partial charge in [-0.3, -0.25) is 9.36 Å². The van der Waals surface area contributed by atoms with Crippen LogP contribution in [0.4, 0.5) is 0 Å². The van der Waals surface area contributed by atoms with E-state index in [0.717, 1.165) is 17.4 Å². The smallest absolute Gasteiger partial charge is 0.338 e. The van der Waals surface area contributed by atoms with Crippen LogP contribution in [0.25, 0.3) is 6.08 Å². The Bertz CT molecular complexity index is 1220. The normalized spacial score (nSPS) is 16.0. The van der Waals surface area contributed by atoms with E-state index in [4.69, 9.17) is 9.47 Å². The highest BCUT2D eigenvalue weighted by Gasteiger charge is 2.33. The minimum absolute atomic E-state index is 0.0854. The van der Waals surface area contributed by atoms with Gasteiger partial charge in [-0.2, -0.15) is 0 Å². The number of ether oxygens (including phenoxy) is 3. The number of methoxy groups -OCH3 is 2. The molecule has 0 bridgehead atoms. The highest BCUT2D eigenvalue weighted by Crippen LogP contribution is 2.35. The van der Waals surface area contributed by atoms with Crippen molar-refractivity contribution >= 4 is 29.4 Å². The summed E-state index contributed by atoms with van der Waals surface area (Å²) in [5.74, 6) is -1.19. The van der Waals surface area contributed by atoms with Gasteiger partial charge >= 0.3 is 11.9 Å². The SMILES string of the molecule is CCOC(=O)C1=C(C)N=c2s/c(=C\C(=O)OC)c(=O)n2C1c1ccc(O)c(OC)c1. The van der Waals surface area contributed by atoms with Gasteiger partial charge in [-0.25, -0.2) is 14.6 Å². The first-order valence-corrected chi connectivity index (χ1v) is 9.78. The number of phenolic OH excluding ortho intramolecular Hbond substituents is 1. The Hall–Kier alpha value is -3.40. The number of thiazole rings is 1. The van der Waals surface area contributed by atoms with Crippen molar-refractivity contribution in [2.24, 2.45) is 4.99 Å². The number of carbonyl (C=O) groups is 2. The standard InChI is InChI=1S/C20H20N2O7S/c1-5-29-19(26)16-10(2)21-20-22(18(25)14(30-20)9-15(24)28-4)17(16)11-6-7-12(23)13(8-11)27-3/h6-9,17,23H,5H2,1-4H3/b14-9-. The number of hydrogen-bond acceptors (Lipinski definition) is 9. The van der Waals surface area contributed by atoms with Gasteiger partial charge in [-0.15, -0.1) is 0 Å². The van der Waals surface area contributed by atoms with E-state index in [9.17, 15) is 19.5 Å². The highest BCUT2D eigenvalue weighted by molar-refractivity contribution is 7.07. The minimum Gasteiger partial charge on any atom is -0.504 e. The first kappa shape index (κ1) is 21.3. The third kappa shape index (κ3) is 3.73. The fraction of sp³-hybridized carbons (Fsp3) is 0.300. The molecule has 1 aliphatic rings. The molecule has 0 radical (unpaired) electrons. The van der Waals surface area contributed by atoms with E-state index in [-0.39, 0.29) is 28.2 Å². The van der Waals surface area contributed by atoms with E-state index in [0.29, 0.717) is 16.1 Å². The summed E-state index contributed by atoms with van der Waals surface area (Å²) >= 11 is 1.01. The number of rotatable bonds is 5. The second-order valence-electron chi connectivity index (χ2n) is 6.26. The third-order valence-corrected chi connectivity index (χ3v) is 5.47. The lowest BCUT2D eigenvalue weighted by Gasteiger charge is -2.25. The van der Waals surface area contributed by atoms with Crippen LogP contribution in [0.2, 0.25) is 0 Å². The fourth-order valence-electron chi connectivity index (χ4n) is 3.14. The van der Waals surface area contributed by atoms with Crippen LogP contribution in [0.1, 0.15) is 25.5 Å². The molecule has 1 aromatic heterocycles. The lowest BCUT2D eigenvalue weighted by Crippen LogP contribution is -2.40. The molecule has 1 unspecified atom stereocenters. The molecule has 30 heavy (non-hydrogen) atoms. The maximum absolute atomic E-state index is 13.1. The van der Waals surface area contributed by atoms with Crippen molar-refractivity contribution in [3.63, 3.8) is 0 Å². The number of hydrogen-bond donors (Lipinski definition) is 1. The van der Waals surface area contributed by atoms with Crippen LogP contribution in [0.5, 0.6) is 11.5 Å². The fourth-order valence-corrected chi connectivity index (χ4v) is 4.14. The van der Waals surface area contributed by atoms with Crippen molar-refractivity contribution in [3.8, 4) is 11.5 Å². The zero-order valence-electron chi connectivity index (χ0n) is 16.8. The van der Waals surface area contributed by atoms with Gasteiger partial charge in [0.2, 0.25) is 0 Å². The summed E-state index contributed by atoms with van der Waals surface area (Å²) in [7, 11) is 2.61. The van der Waals surface area contributed by atoms with Gasteiger partial charge in [0, 0.05) is 6.08 Å². The maximum atomic E-state index is 13.1. The first-order valence-electron chi connectivity index (χ1n) is 8.96. The first-order chi connectivity index (χ1) is 14.3. The average molecular weight is 432 g/mol. The Labute approximate surface area is 175 Å². The quantitative estimate of drug-likeness (QED) is 0.689. The van der Waals surface area contributed by atoms with E-state index >= 15 is 0 Å². The van der Waals surface area contributed by atoms with Crippen LogP contribution >= 0.6 is 11.3 Å². The van der Waals surface area contributed by atoms with Crippen LogP contribution in [-0.2, 0) is 19.1 Å². The van der Waals surface area contributed by atoms with Crippen molar-refractivity contribution in [3.05, 3.63) is 54.7 Å². The number of nitrogens with zero attached hydrogens (tertiary/aromatic N) is 2. The molecular formula is C20H20N2O7S. The summed E-state index contributed by atoms with van der Waals surface area (Å²) in [6.07, 6.45) is 1.08. The number of fused-ring (bicyclic) bond motifs is 1. The van der Waals surface area contributed by atoms with Crippen LogP contribution in [0.3, 0.4) is 0 Å². The van der Waals surface area contributed by atoms with Crippen LogP contribution in [-0.4, -0.2) is 42.4 Å². The number of benzene rings is 1. The number of allylic oxidation sites excluding steroid dienone is 1. The Morgan fingerprint density at radius 1 is 1.33 bits per heavy atom. The largest absolute Gasteiger partial charge is 0.504 e. The molecule has 1 aliphatic heterocycles. The molecule has 3 rings (SSSR count). The van der Waals surface area contributed by atoms with Gasteiger partial charge in [0.15, 0.2) is 16.3 Å². The van der Waals surface area contributed by atoms with Crippen molar-refractivity contribution in [1.82, 2.24) is 4.57 Å². The number of aromatic nitrogens is 1. The summed E-state index contributed by atoms with van der Waals surface area (Å²) in [5, 5.41) is 9.95. The summed E-state index contributed by atoms with van der Waals surface area (Å²) < 4.78 is 16.4. The number of carbonyl (C=O) groups excluding carboxylic acids is 2. The molecule has 0 saturated heterocycles. The Morgan fingerprint density at radius 2 is 2.07 bits per heavy atom. The second-order valence-corrected chi connectivity index (χ2v) is 7.27. The van der Waals surface area contributed by atoms with E-state index in [1.807, 2.05) is 0 Å². The van der Waals surface area contributed by atoms with Crippen molar-refractivity contribution < 1.29 is 28.9 Å². The predicted molar refractivity (Wildman–Crippen MR) is 108 cm³/mol. The summed E-state index contributed by atoms with van der Waals surface area (Å²) in [6, 6.07) is 3.65. The topological polar surface area (TPSA) is 116 Å². The van der Waals surface area contributed by atoms with Gasteiger partial charge in [-0.1, -0.05) is 17.4 Å². The number of esters is 2. The second kappa shape index (κ2) is 8.54. The molecule has 2 aromatic rings. The molecule has 0 spiro atoms. The predicted octanol–water partition coefficient (Wildman–Crippen LogP) is 0.637. The van der Waals surface area contributed by atoms with Gasteiger partial charge in [0.05, 0.1) is 38.1 Å². The van der Waals surface area contributed by atoms with E-state index in [1.165, 1.54) is 30.9 Å². The van der Waals surface area contributed by atoms with Gasteiger partial charge in [0.1, 0.15) is 4.53 Å². The number of aromatic hydroxyl groups is 1. The summed E-state index contributed by atoms with van der Waals surface area (Å²) in [5.41, 5.74) is 0.571. The van der Waals surface area contributed by atoms with E-state index in [1.54, 1.807) is 19.9 Å². The van der Waals surface area contributed by atoms with Gasteiger partial charge in [0.25, 0.3) is 5.56 Å².